The average Bonchev–Trinajstić information content (AvgIpc) is 3.39. The van der Waals surface area contributed by atoms with E-state index in [9.17, 15) is 14.4 Å². The van der Waals surface area contributed by atoms with Crippen LogP contribution in [0.25, 0.3) is 0 Å². The number of amides is 3. The average molecular weight is 350 g/mol. The van der Waals surface area contributed by atoms with Crippen LogP contribution in [0.3, 0.4) is 0 Å². The van der Waals surface area contributed by atoms with Gasteiger partial charge in [-0.15, -0.1) is 0 Å². The van der Waals surface area contributed by atoms with Crippen LogP contribution in [0.2, 0.25) is 0 Å². The first-order valence-electron chi connectivity index (χ1n) is 9.36. The van der Waals surface area contributed by atoms with E-state index in [-0.39, 0.29) is 47.9 Å². The van der Waals surface area contributed by atoms with E-state index in [0.717, 1.165) is 23.2 Å². The van der Waals surface area contributed by atoms with E-state index in [0.29, 0.717) is 11.8 Å². The maximum absolute atomic E-state index is 12.9. The maximum Gasteiger partial charge on any atom is 0.244 e. The van der Waals surface area contributed by atoms with Crippen LogP contribution in [0.4, 0.5) is 5.69 Å². The Morgan fingerprint density at radius 2 is 1.69 bits per heavy atom. The molecule has 2 saturated carbocycles. The van der Waals surface area contributed by atoms with Crippen molar-refractivity contribution in [2.24, 2.45) is 35.5 Å². The van der Waals surface area contributed by atoms with E-state index in [1.54, 1.807) is 0 Å². The number of carbonyl (C=O) groups is 3. The van der Waals surface area contributed by atoms with Crippen LogP contribution in [-0.4, -0.2) is 29.2 Å². The fourth-order valence-electron chi connectivity index (χ4n) is 5.38. The molecule has 0 radical (unpaired) electrons. The molecule has 5 heteroatoms. The summed E-state index contributed by atoms with van der Waals surface area (Å²) in [4.78, 5) is 39.5. The normalized spacial score (nSPS) is 36.2. The zero-order chi connectivity index (χ0) is 18.2. The zero-order valence-corrected chi connectivity index (χ0v) is 14.9. The van der Waals surface area contributed by atoms with Crippen molar-refractivity contribution in [2.45, 2.75) is 20.3 Å². The molecule has 1 heterocycles. The number of aryl methyl sites for hydroxylation is 2. The summed E-state index contributed by atoms with van der Waals surface area (Å²) in [6, 6.07) is 5.83. The quantitative estimate of drug-likeness (QED) is 0.672. The number of nitrogens with one attached hydrogen (secondary N) is 1. The lowest BCUT2D eigenvalue weighted by Gasteiger charge is -2.37. The van der Waals surface area contributed by atoms with Crippen LogP contribution in [0, 0.1) is 49.4 Å². The van der Waals surface area contributed by atoms with Crippen molar-refractivity contribution in [1.29, 1.82) is 0 Å². The second-order valence-corrected chi connectivity index (χ2v) is 8.28. The SMILES string of the molecule is Cc1ccc(C)c(NC(=O)CN2C(=O)[C@@H]3[C@H]4C=C[C@H]([C@H]5C[C@H]45)[C@@H]3C2=O)c1. The van der Waals surface area contributed by atoms with Crippen molar-refractivity contribution < 1.29 is 14.4 Å². The Balaban J connectivity index is 1.34. The largest absolute Gasteiger partial charge is 0.324 e. The van der Waals surface area contributed by atoms with Gasteiger partial charge in [-0.3, -0.25) is 19.3 Å². The molecule has 0 spiro atoms. The molecule has 1 aromatic rings. The Hall–Kier alpha value is -2.43. The maximum atomic E-state index is 12.9. The number of hydrogen-bond acceptors (Lipinski definition) is 3. The second-order valence-electron chi connectivity index (χ2n) is 8.28. The lowest BCUT2D eigenvalue weighted by atomic mass is 9.63. The number of carbonyl (C=O) groups excluding carboxylic acids is 3. The van der Waals surface area contributed by atoms with Gasteiger partial charge in [0.15, 0.2) is 0 Å². The van der Waals surface area contributed by atoms with Gasteiger partial charge in [-0.25, -0.2) is 0 Å². The summed E-state index contributed by atoms with van der Waals surface area (Å²) >= 11 is 0. The molecule has 1 N–H and O–H groups in total. The van der Waals surface area contributed by atoms with Crippen LogP contribution in [0.5, 0.6) is 0 Å². The fraction of sp³-hybridized carbons (Fsp3) is 0.476. The van der Waals surface area contributed by atoms with Gasteiger partial charge in [-0.05, 0) is 61.1 Å². The number of imide groups is 1. The smallest absolute Gasteiger partial charge is 0.244 e. The van der Waals surface area contributed by atoms with Gasteiger partial charge in [-0.2, -0.15) is 0 Å². The summed E-state index contributed by atoms with van der Waals surface area (Å²) in [7, 11) is 0. The summed E-state index contributed by atoms with van der Waals surface area (Å²) in [6.07, 6.45) is 5.43. The number of nitrogens with zero attached hydrogens (tertiary/aromatic N) is 1. The molecule has 6 rings (SSSR count). The van der Waals surface area contributed by atoms with Gasteiger partial charge in [0, 0.05) is 5.69 Å². The molecule has 2 bridgehead atoms. The predicted molar refractivity (Wildman–Crippen MR) is 96.0 cm³/mol. The van der Waals surface area contributed by atoms with Crippen molar-refractivity contribution in [1.82, 2.24) is 4.90 Å². The summed E-state index contributed by atoms with van der Waals surface area (Å²) in [5, 5.41) is 2.86. The standard InChI is InChI=1S/C21H22N2O3/c1-10-3-4-11(2)16(7-10)22-17(24)9-23-20(25)18-12-5-6-13(15-8-14(12)15)19(18)21(23)26/h3-7,12-15,18-19H,8-9H2,1-2H3,(H,22,24)/t12-,13+,14-,15-,18+,19-/m1/s1. The summed E-state index contributed by atoms with van der Waals surface area (Å²) in [5.74, 6) is 0.436. The van der Waals surface area contributed by atoms with Crippen molar-refractivity contribution >= 4 is 23.4 Å². The van der Waals surface area contributed by atoms with Crippen LogP contribution in [0.15, 0.2) is 30.4 Å². The van der Waals surface area contributed by atoms with Gasteiger partial charge in [0.25, 0.3) is 0 Å². The number of hydrogen-bond donors (Lipinski definition) is 1. The second kappa shape index (κ2) is 5.29. The molecule has 4 aliphatic carbocycles. The molecule has 0 aromatic heterocycles. The number of allylic oxidation sites excluding steroid dienone is 2. The van der Waals surface area contributed by atoms with Gasteiger partial charge in [0.1, 0.15) is 6.54 Å². The Morgan fingerprint density at radius 1 is 1.08 bits per heavy atom. The molecule has 1 aromatic carbocycles. The molecule has 134 valence electrons. The van der Waals surface area contributed by atoms with Crippen molar-refractivity contribution in [3.8, 4) is 0 Å². The Bertz CT molecular complexity index is 838. The minimum atomic E-state index is -0.315. The highest BCUT2D eigenvalue weighted by molar-refractivity contribution is 6.09. The highest BCUT2D eigenvalue weighted by atomic mass is 16.2. The minimum absolute atomic E-state index is 0.152. The van der Waals surface area contributed by atoms with Gasteiger partial charge >= 0.3 is 0 Å². The van der Waals surface area contributed by atoms with Gasteiger partial charge < -0.3 is 5.32 Å². The van der Waals surface area contributed by atoms with Crippen LogP contribution in [0.1, 0.15) is 17.5 Å². The van der Waals surface area contributed by atoms with Gasteiger partial charge in [-0.1, -0.05) is 24.3 Å². The number of likely N-dealkylation sites (tertiary alicyclic amines) is 1. The van der Waals surface area contributed by atoms with Crippen molar-refractivity contribution in [3.63, 3.8) is 0 Å². The Morgan fingerprint density at radius 3 is 2.31 bits per heavy atom. The van der Waals surface area contributed by atoms with Gasteiger partial charge in [0.05, 0.1) is 11.8 Å². The van der Waals surface area contributed by atoms with E-state index in [1.807, 2.05) is 32.0 Å². The Kier molecular flexibility index (Phi) is 3.21. The van der Waals surface area contributed by atoms with Crippen molar-refractivity contribution in [3.05, 3.63) is 41.5 Å². The third-order valence-electron chi connectivity index (χ3n) is 6.72. The lowest BCUT2D eigenvalue weighted by molar-refractivity contribution is -0.142. The third-order valence-corrected chi connectivity index (χ3v) is 6.72. The van der Waals surface area contributed by atoms with Crippen LogP contribution in [-0.2, 0) is 14.4 Å². The van der Waals surface area contributed by atoms with E-state index in [1.165, 1.54) is 4.90 Å². The first kappa shape index (κ1) is 15.8. The summed E-state index contributed by atoms with van der Waals surface area (Å²) in [5.41, 5.74) is 2.74. The molecule has 5 aliphatic rings. The van der Waals surface area contributed by atoms with E-state index >= 15 is 0 Å². The lowest BCUT2D eigenvalue weighted by Crippen LogP contribution is -2.40. The van der Waals surface area contributed by atoms with Crippen molar-refractivity contribution in [2.75, 3.05) is 11.9 Å². The molecule has 1 aliphatic heterocycles. The number of rotatable bonds is 3. The van der Waals surface area contributed by atoms with E-state index < -0.39 is 0 Å². The summed E-state index contributed by atoms with van der Waals surface area (Å²) < 4.78 is 0. The summed E-state index contributed by atoms with van der Waals surface area (Å²) in [6.45, 7) is 3.69. The molecule has 3 amide bonds. The van der Waals surface area contributed by atoms with Crippen LogP contribution >= 0.6 is 0 Å². The molecular formula is C21H22N2O3. The molecule has 26 heavy (non-hydrogen) atoms. The molecule has 5 nitrogen and oxygen atoms in total. The fourth-order valence-corrected chi connectivity index (χ4v) is 5.38. The molecule has 3 fully saturated rings. The number of anilines is 1. The third kappa shape index (κ3) is 2.12. The first-order chi connectivity index (χ1) is 12.5. The molecule has 1 saturated heterocycles. The topological polar surface area (TPSA) is 66.5 Å². The highest BCUT2D eigenvalue weighted by Gasteiger charge is 2.67. The number of benzene rings is 1. The molecule has 6 atom stereocenters. The highest BCUT2D eigenvalue weighted by Crippen LogP contribution is 2.65. The van der Waals surface area contributed by atoms with Gasteiger partial charge in [0.2, 0.25) is 17.7 Å². The minimum Gasteiger partial charge on any atom is -0.324 e. The van der Waals surface area contributed by atoms with Crippen LogP contribution < -0.4 is 5.32 Å². The van der Waals surface area contributed by atoms with E-state index in [4.69, 9.17) is 0 Å². The van der Waals surface area contributed by atoms with E-state index in [2.05, 4.69) is 17.5 Å². The molecular weight excluding hydrogens is 328 g/mol. The first-order valence-corrected chi connectivity index (χ1v) is 9.36. The Labute approximate surface area is 152 Å². The molecule has 0 unspecified atom stereocenters. The zero-order valence-electron chi connectivity index (χ0n) is 14.9. The predicted octanol–water partition coefficient (Wildman–Crippen LogP) is 2.30. The monoisotopic (exact) mass is 350 g/mol.